The van der Waals surface area contributed by atoms with Crippen LogP contribution in [0.1, 0.15) is 0 Å². The minimum atomic E-state index is -3.77. The Labute approximate surface area is 113 Å². The van der Waals surface area contributed by atoms with Crippen LogP contribution in [-0.2, 0) is 17.1 Å². The highest BCUT2D eigenvalue weighted by atomic mass is 35.5. The molecule has 2 rings (SSSR count). The van der Waals surface area contributed by atoms with Crippen molar-refractivity contribution in [2.45, 2.75) is 4.90 Å². The summed E-state index contributed by atoms with van der Waals surface area (Å²) in [5.41, 5.74) is 0. The maximum atomic E-state index is 11.9. The normalized spacial score (nSPS) is 11.5. The van der Waals surface area contributed by atoms with Gasteiger partial charge in [0.05, 0.1) is 6.20 Å². The van der Waals surface area contributed by atoms with Crippen LogP contribution < -0.4 is 4.72 Å². The zero-order chi connectivity index (χ0) is 13.3. The molecule has 2 aromatic rings. The zero-order valence-corrected chi connectivity index (χ0v) is 11.3. The molecule has 0 saturated heterocycles. The van der Waals surface area contributed by atoms with E-state index in [1.165, 1.54) is 23.1 Å². The molecule has 0 radical (unpaired) electrons. The number of aromatic nitrogens is 4. The van der Waals surface area contributed by atoms with Gasteiger partial charge in [0.15, 0.2) is 0 Å². The first-order chi connectivity index (χ1) is 8.37. The molecule has 0 aliphatic heterocycles. The number of hydrogen-bond acceptors (Lipinski definition) is 5. The van der Waals surface area contributed by atoms with Crippen LogP contribution in [0.2, 0.25) is 10.4 Å². The fourth-order valence-electron chi connectivity index (χ4n) is 1.18. The van der Waals surface area contributed by atoms with Gasteiger partial charge in [-0.2, -0.15) is 10.1 Å². The summed E-state index contributed by atoms with van der Waals surface area (Å²) in [5, 5.41) is 3.67. The van der Waals surface area contributed by atoms with Gasteiger partial charge in [-0.25, -0.2) is 13.4 Å². The van der Waals surface area contributed by atoms with E-state index in [-0.39, 0.29) is 21.2 Å². The van der Waals surface area contributed by atoms with Gasteiger partial charge < -0.3 is 0 Å². The van der Waals surface area contributed by atoms with Crippen molar-refractivity contribution in [2.75, 3.05) is 4.72 Å². The smallest absolute Gasteiger partial charge is 0.266 e. The highest BCUT2D eigenvalue weighted by Gasteiger charge is 2.17. The highest BCUT2D eigenvalue weighted by molar-refractivity contribution is 7.92. The first-order valence-corrected chi connectivity index (χ1v) is 6.82. The molecule has 0 spiro atoms. The van der Waals surface area contributed by atoms with Gasteiger partial charge >= 0.3 is 0 Å². The summed E-state index contributed by atoms with van der Waals surface area (Å²) in [5.74, 6) is -0.0103. The van der Waals surface area contributed by atoms with Crippen molar-refractivity contribution >= 4 is 39.0 Å². The van der Waals surface area contributed by atoms with Crippen LogP contribution in [0.15, 0.2) is 23.4 Å². The average molecular weight is 308 g/mol. The van der Waals surface area contributed by atoms with E-state index < -0.39 is 10.0 Å². The molecule has 18 heavy (non-hydrogen) atoms. The van der Waals surface area contributed by atoms with E-state index in [0.717, 1.165) is 0 Å². The van der Waals surface area contributed by atoms with E-state index in [1.54, 1.807) is 7.05 Å². The number of sulfonamides is 1. The Bertz CT molecular complexity index is 664. The predicted octanol–water partition coefficient (Wildman–Crippen LogP) is 1.32. The molecule has 0 atom stereocenters. The third-order valence-electron chi connectivity index (χ3n) is 1.90. The van der Waals surface area contributed by atoms with Gasteiger partial charge in [-0.15, -0.1) is 0 Å². The van der Waals surface area contributed by atoms with Crippen molar-refractivity contribution in [3.8, 4) is 0 Å². The van der Waals surface area contributed by atoms with Crippen LogP contribution >= 0.6 is 23.2 Å². The molecule has 96 valence electrons. The number of hydrogen-bond donors (Lipinski definition) is 1. The van der Waals surface area contributed by atoms with Crippen LogP contribution in [0.25, 0.3) is 0 Å². The lowest BCUT2D eigenvalue weighted by atomic mass is 10.6. The van der Waals surface area contributed by atoms with E-state index >= 15 is 0 Å². The molecule has 10 heteroatoms. The number of nitrogens with zero attached hydrogens (tertiary/aromatic N) is 4. The second-order valence-corrected chi connectivity index (χ2v) is 5.71. The third kappa shape index (κ3) is 2.89. The monoisotopic (exact) mass is 307 g/mol. The van der Waals surface area contributed by atoms with E-state index in [1.807, 2.05) is 0 Å². The maximum absolute atomic E-state index is 11.9. The fourth-order valence-corrected chi connectivity index (χ4v) is 2.56. The van der Waals surface area contributed by atoms with E-state index in [2.05, 4.69) is 19.8 Å². The van der Waals surface area contributed by atoms with Crippen LogP contribution in [0, 0.1) is 0 Å². The molecule has 0 amide bonds. The lowest BCUT2D eigenvalue weighted by Gasteiger charge is -2.05. The molecule has 0 aliphatic rings. The first kappa shape index (κ1) is 13.1. The van der Waals surface area contributed by atoms with E-state index in [9.17, 15) is 8.42 Å². The number of anilines is 1. The van der Waals surface area contributed by atoms with Gasteiger partial charge in [-0.1, -0.05) is 11.6 Å². The van der Waals surface area contributed by atoms with Crippen molar-refractivity contribution < 1.29 is 8.42 Å². The summed E-state index contributed by atoms with van der Waals surface area (Å²) in [7, 11) is -2.16. The minimum absolute atomic E-state index is 0.0101. The van der Waals surface area contributed by atoms with Crippen molar-refractivity contribution in [1.29, 1.82) is 0 Å². The Morgan fingerprint density at radius 1 is 1.33 bits per heavy atom. The lowest BCUT2D eigenvalue weighted by molar-refractivity contribution is 0.601. The Balaban J connectivity index is 2.33. The van der Waals surface area contributed by atoms with E-state index in [4.69, 9.17) is 23.2 Å². The van der Waals surface area contributed by atoms with Crippen LogP contribution in [0.4, 0.5) is 5.82 Å². The van der Waals surface area contributed by atoms with Gasteiger partial charge in [0, 0.05) is 19.3 Å². The number of nitrogens with one attached hydrogen (secondary N) is 1. The van der Waals surface area contributed by atoms with Gasteiger partial charge in [0.25, 0.3) is 10.0 Å². The SMILES string of the molecule is Cn1cc(S(=O)(=O)Nc2cc(Cl)nc(Cl)n2)cn1. The van der Waals surface area contributed by atoms with Gasteiger partial charge in [-0.3, -0.25) is 9.40 Å². The number of rotatable bonds is 3. The summed E-state index contributed by atoms with van der Waals surface area (Å²) in [6.07, 6.45) is 2.57. The number of halogens is 2. The number of aryl methyl sites for hydroxylation is 1. The summed E-state index contributed by atoms with van der Waals surface area (Å²) >= 11 is 11.2. The summed E-state index contributed by atoms with van der Waals surface area (Å²) < 4.78 is 27.5. The van der Waals surface area contributed by atoms with Crippen molar-refractivity contribution in [1.82, 2.24) is 19.7 Å². The molecule has 0 bridgehead atoms. The Hall–Kier alpha value is -1.38. The highest BCUT2D eigenvalue weighted by Crippen LogP contribution is 2.18. The molecule has 2 heterocycles. The molecule has 1 N–H and O–H groups in total. The van der Waals surface area contributed by atoms with Gasteiger partial charge in [-0.05, 0) is 11.6 Å². The second kappa shape index (κ2) is 4.71. The largest absolute Gasteiger partial charge is 0.274 e. The minimum Gasteiger partial charge on any atom is -0.274 e. The predicted molar refractivity (Wildman–Crippen MR) is 66.1 cm³/mol. The molecule has 0 unspecified atom stereocenters. The molecule has 2 aromatic heterocycles. The Morgan fingerprint density at radius 2 is 2.06 bits per heavy atom. The lowest BCUT2D eigenvalue weighted by Crippen LogP contribution is -2.13. The third-order valence-corrected chi connectivity index (χ3v) is 3.57. The fraction of sp³-hybridized carbons (Fsp3) is 0.125. The average Bonchev–Trinajstić information content (AvgIpc) is 2.62. The van der Waals surface area contributed by atoms with Crippen LogP contribution in [0.5, 0.6) is 0 Å². The van der Waals surface area contributed by atoms with Crippen molar-refractivity contribution in [2.24, 2.45) is 7.05 Å². The molecule has 0 saturated carbocycles. The first-order valence-electron chi connectivity index (χ1n) is 4.58. The molecule has 0 fully saturated rings. The van der Waals surface area contributed by atoms with Gasteiger partial charge in [0.1, 0.15) is 15.9 Å². The topological polar surface area (TPSA) is 89.8 Å². The van der Waals surface area contributed by atoms with Gasteiger partial charge in [0.2, 0.25) is 5.28 Å². The van der Waals surface area contributed by atoms with E-state index in [0.29, 0.717) is 0 Å². The van der Waals surface area contributed by atoms with Crippen LogP contribution in [0.3, 0.4) is 0 Å². The summed E-state index contributed by atoms with van der Waals surface area (Å²) in [4.78, 5) is 7.32. The quantitative estimate of drug-likeness (QED) is 0.682. The van der Waals surface area contributed by atoms with Crippen molar-refractivity contribution in [3.05, 3.63) is 28.9 Å². The molecule has 0 aromatic carbocycles. The maximum Gasteiger partial charge on any atom is 0.266 e. The van der Waals surface area contributed by atoms with Crippen LogP contribution in [-0.4, -0.2) is 28.2 Å². The Morgan fingerprint density at radius 3 is 2.61 bits per heavy atom. The summed E-state index contributed by atoms with van der Waals surface area (Å²) in [6, 6.07) is 1.25. The molecule has 0 aliphatic carbocycles. The molecular weight excluding hydrogens is 301 g/mol. The summed E-state index contributed by atoms with van der Waals surface area (Å²) in [6.45, 7) is 0. The molecular formula is C8H7Cl2N5O2S. The molecule has 7 nitrogen and oxygen atoms in total. The Kier molecular flexibility index (Phi) is 3.42. The zero-order valence-electron chi connectivity index (χ0n) is 9.00. The second-order valence-electron chi connectivity index (χ2n) is 3.30. The standard InChI is InChI=1S/C8H7Cl2N5O2S/c1-15-4-5(3-11-15)18(16,17)14-7-2-6(9)12-8(10)13-7/h2-4H,1H3,(H,12,13,14). The van der Waals surface area contributed by atoms with Crippen molar-refractivity contribution in [3.63, 3.8) is 0 Å².